The minimum Gasteiger partial charge on any atom is -0.286 e. The molecule has 1 unspecified atom stereocenters. The molecule has 0 aliphatic carbocycles. The zero-order valence-electron chi connectivity index (χ0n) is 10.7. The minimum atomic E-state index is -0.419. The van der Waals surface area contributed by atoms with Crippen LogP contribution in [0.4, 0.5) is 0 Å². The summed E-state index contributed by atoms with van der Waals surface area (Å²) < 4.78 is 1.07. The third kappa shape index (κ3) is 3.55. The van der Waals surface area contributed by atoms with E-state index in [1.807, 2.05) is 19.1 Å². The van der Waals surface area contributed by atoms with Gasteiger partial charge in [0.05, 0.1) is 6.07 Å². The fourth-order valence-electron chi connectivity index (χ4n) is 2.14. The largest absolute Gasteiger partial charge is 0.286 e. The first-order chi connectivity index (χ1) is 8.05. The molecule has 0 radical (unpaired) electrons. The number of hydrogen-bond acceptors (Lipinski definition) is 2. The van der Waals surface area contributed by atoms with Crippen molar-refractivity contribution in [3.8, 4) is 6.07 Å². The van der Waals surface area contributed by atoms with Crippen LogP contribution in [0.3, 0.4) is 0 Å². The number of rotatable bonds is 5. The Labute approximate surface area is 112 Å². The molecule has 1 aromatic rings. The van der Waals surface area contributed by atoms with Gasteiger partial charge in [0.1, 0.15) is 5.54 Å². The summed E-state index contributed by atoms with van der Waals surface area (Å²) in [7, 11) is 0. The molecule has 17 heavy (non-hydrogen) atoms. The van der Waals surface area contributed by atoms with Crippen LogP contribution in [0.2, 0.25) is 0 Å². The van der Waals surface area contributed by atoms with E-state index in [0.717, 1.165) is 24.0 Å². The van der Waals surface area contributed by atoms with Gasteiger partial charge in [0.15, 0.2) is 0 Å². The Balaban J connectivity index is 2.89. The third-order valence-corrected chi connectivity index (χ3v) is 3.69. The van der Waals surface area contributed by atoms with Crippen molar-refractivity contribution in [2.45, 2.75) is 32.7 Å². The van der Waals surface area contributed by atoms with Crippen molar-refractivity contribution in [3.63, 3.8) is 0 Å². The van der Waals surface area contributed by atoms with E-state index in [1.54, 1.807) is 0 Å². The van der Waals surface area contributed by atoms with Gasteiger partial charge in [-0.2, -0.15) is 5.26 Å². The molecule has 0 fully saturated rings. The Bertz CT molecular complexity index is 390. The highest BCUT2D eigenvalue weighted by molar-refractivity contribution is 9.10. The monoisotopic (exact) mass is 294 g/mol. The topological polar surface area (TPSA) is 27.0 Å². The number of hydrogen-bond donors (Lipinski definition) is 0. The first kappa shape index (κ1) is 14.2. The maximum atomic E-state index is 9.43. The predicted molar refractivity (Wildman–Crippen MR) is 74.8 cm³/mol. The Kier molecular flexibility index (Phi) is 5.17. The number of halogens is 1. The lowest BCUT2D eigenvalue weighted by Crippen LogP contribution is -2.46. The predicted octanol–water partition coefficient (Wildman–Crippen LogP) is 3.62. The third-order valence-electron chi connectivity index (χ3n) is 3.16. The van der Waals surface area contributed by atoms with Gasteiger partial charge in [0.2, 0.25) is 0 Å². The van der Waals surface area contributed by atoms with Crippen molar-refractivity contribution in [2.75, 3.05) is 13.1 Å². The van der Waals surface area contributed by atoms with E-state index in [4.69, 9.17) is 0 Å². The van der Waals surface area contributed by atoms with Crippen molar-refractivity contribution in [3.05, 3.63) is 34.3 Å². The molecule has 3 heteroatoms. The van der Waals surface area contributed by atoms with Gasteiger partial charge in [-0.1, -0.05) is 41.9 Å². The van der Waals surface area contributed by atoms with Gasteiger partial charge in [0, 0.05) is 10.9 Å². The number of nitriles is 1. The van der Waals surface area contributed by atoms with Gasteiger partial charge in [-0.3, -0.25) is 4.90 Å². The summed E-state index contributed by atoms with van der Waals surface area (Å²) in [5.74, 6) is 0. The highest BCUT2D eigenvalue weighted by atomic mass is 79.9. The van der Waals surface area contributed by atoms with Crippen molar-refractivity contribution in [1.29, 1.82) is 5.26 Å². The van der Waals surface area contributed by atoms with E-state index >= 15 is 0 Å². The molecule has 0 bridgehead atoms. The van der Waals surface area contributed by atoms with Crippen LogP contribution in [-0.2, 0) is 6.42 Å². The van der Waals surface area contributed by atoms with Gasteiger partial charge in [-0.25, -0.2) is 0 Å². The Morgan fingerprint density at radius 3 is 2.18 bits per heavy atom. The van der Waals surface area contributed by atoms with E-state index in [2.05, 4.69) is 52.9 Å². The maximum Gasteiger partial charge on any atom is 0.110 e. The average Bonchev–Trinajstić information content (AvgIpc) is 2.33. The second-order valence-corrected chi connectivity index (χ2v) is 5.28. The van der Waals surface area contributed by atoms with Crippen LogP contribution in [-0.4, -0.2) is 23.5 Å². The van der Waals surface area contributed by atoms with Gasteiger partial charge >= 0.3 is 0 Å². The Morgan fingerprint density at radius 2 is 1.76 bits per heavy atom. The van der Waals surface area contributed by atoms with Crippen LogP contribution < -0.4 is 0 Å². The fraction of sp³-hybridized carbons (Fsp3) is 0.500. The molecule has 0 saturated heterocycles. The van der Waals surface area contributed by atoms with Crippen molar-refractivity contribution in [1.82, 2.24) is 4.90 Å². The van der Waals surface area contributed by atoms with E-state index in [0.29, 0.717) is 0 Å². The smallest absolute Gasteiger partial charge is 0.110 e. The molecule has 2 nitrogen and oxygen atoms in total. The normalized spacial score (nSPS) is 14.4. The molecular weight excluding hydrogens is 276 g/mol. The molecule has 0 saturated carbocycles. The van der Waals surface area contributed by atoms with Crippen LogP contribution in [0.15, 0.2) is 28.7 Å². The lowest BCUT2D eigenvalue weighted by molar-refractivity contribution is 0.169. The molecule has 0 heterocycles. The molecule has 92 valence electrons. The molecule has 0 spiro atoms. The SMILES string of the molecule is CCN(CC)C(C)(C#N)Cc1ccc(Br)cc1. The molecule has 1 rings (SSSR count). The summed E-state index contributed by atoms with van der Waals surface area (Å²) in [6.45, 7) is 8.01. The lowest BCUT2D eigenvalue weighted by atomic mass is 9.92. The molecule has 0 amide bonds. The highest BCUT2D eigenvalue weighted by Gasteiger charge is 2.29. The summed E-state index contributed by atoms with van der Waals surface area (Å²) in [5.41, 5.74) is 0.779. The van der Waals surface area contributed by atoms with Crippen LogP contribution >= 0.6 is 15.9 Å². The van der Waals surface area contributed by atoms with Gasteiger partial charge in [0.25, 0.3) is 0 Å². The summed E-state index contributed by atoms with van der Waals surface area (Å²) in [5, 5.41) is 9.43. The van der Waals surface area contributed by atoms with E-state index in [9.17, 15) is 5.26 Å². The molecule has 0 aliphatic heterocycles. The second-order valence-electron chi connectivity index (χ2n) is 4.36. The molecule has 0 aliphatic rings. The Morgan fingerprint density at radius 1 is 1.24 bits per heavy atom. The zero-order chi connectivity index (χ0) is 12.9. The average molecular weight is 295 g/mol. The summed E-state index contributed by atoms with van der Waals surface area (Å²) in [6.07, 6.45) is 0.762. The molecule has 1 aromatic carbocycles. The number of nitrogens with zero attached hydrogens (tertiary/aromatic N) is 2. The number of benzene rings is 1. The van der Waals surface area contributed by atoms with Gasteiger partial charge < -0.3 is 0 Å². The van der Waals surface area contributed by atoms with Crippen molar-refractivity contribution >= 4 is 15.9 Å². The van der Waals surface area contributed by atoms with Gasteiger partial charge in [-0.05, 0) is 37.7 Å². The van der Waals surface area contributed by atoms with Crippen LogP contribution in [0.25, 0.3) is 0 Å². The van der Waals surface area contributed by atoms with E-state index in [1.165, 1.54) is 5.56 Å². The standard InChI is InChI=1S/C14H19BrN2/c1-4-17(5-2)14(3,11-16)10-12-6-8-13(15)9-7-12/h6-9H,4-5,10H2,1-3H3. The van der Waals surface area contributed by atoms with E-state index < -0.39 is 5.54 Å². The van der Waals surface area contributed by atoms with Crippen LogP contribution in [0.5, 0.6) is 0 Å². The van der Waals surface area contributed by atoms with Crippen LogP contribution in [0, 0.1) is 11.3 Å². The first-order valence-corrected chi connectivity index (χ1v) is 6.75. The molecule has 1 atom stereocenters. The second kappa shape index (κ2) is 6.18. The molecular formula is C14H19BrN2. The molecule has 0 aromatic heterocycles. The van der Waals surface area contributed by atoms with E-state index in [-0.39, 0.29) is 0 Å². The quantitative estimate of drug-likeness (QED) is 0.829. The summed E-state index contributed by atoms with van der Waals surface area (Å²) >= 11 is 3.42. The van der Waals surface area contributed by atoms with Gasteiger partial charge in [-0.15, -0.1) is 0 Å². The highest BCUT2D eigenvalue weighted by Crippen LogP contribution is 2.21. The van der Waals surface area contributed by atoms with Crippen molar-refractivity contribution in [2.24, 2.45) is 0 Å². The first-order valence-electron chi connectivity index (χ1n) is 5.96. The summed E-state index contributed by atoms with van der Waals surface area (Å²) in [6, 6.07) is 10.6. The van der Waals surface area contributed by atoms with Crippen LogP contribution in [0.1, 0.15) is 26.3 Å². The van der Waals surface area contributed by atoms with Crippen molar-refractivity contribution < 1.29 is 0 Å². The minimum absolute atomic E-state index is 0.419. The number of likely N-dealkylation sites (N-methyl/N-ethyl adjacent to an activating group) is 1. The molecule has 0 N–H and O–H groups in total. The lowest BCUT2D eigenvalue weighted by Gasteiger charge is -2.34. The maximum absolute atomic E-state index is 9.43. The summed E-state index contributed by atoms with van der Waals surface area (Å²) in [4.78, 5) is 2.20. The fourth-order valence-corrected chi connectivity index (χ4v) is 2.41. The zero-order valence-corrected chi connectivity index (χ0v) is 12.3. The Hall–Kier alpha value is -0.850.